The maximum absolute atomic E-state index is 12.4. The van der Waals surface area contributed by atoms with E-state index >= 15 is 0 Å². The second kappa shape index (κ2) is 8.25. The Labute approximate surface area is 200 Å². The number of hydrogen-bond acceptors (Lipinski definition) is 10. The lowest BCUT2D eigenvalue weighted by atomic mass is 9.98. The third-order valence-corrected chi connectivity index (χ3v) is 6.35. The molecule has 0 saturated carbocycles. The number of carbonyl (C=O) groups is 1. The van der Waals surface area contributed by atoms with Gasteiger partial charge < -0.3 is 25.2 Å². The molecule has 2 aliphatic heterocycles. The molecule has 0 aromatic carbocycles. The Morgan fingerprint density at radius 3 is 2.71 bits per heavy atom. The van der Waals surface area contributed by atoms with Crippen molar-refractivity contribution in [3.8, 4) is 22.8 Å². The molecular formula is C23H23N9O3. The van der Waals surface area contributed by atoms with E-state index in [0.29, 0.717) is 41.3 Å². The minimum Gasteiger partial charge on any atom is -0.373 e. The van der Waals surface area contributed by atoms with Gasteiger partial charge in [0, 0.05) is 51.6 Å². The van der Waals surface area contributed by atoms with Gasteiger partial charge in [0.1, 0.15) is 5.69 Å². The van der Waals surface area contributed by atoms with Crippen LogP contribution in [0, 0.1) is 0 Å². The normalized spacial score (nSPS) is 20.3. The molecule has 0 unspecified atom stereocenters. The zero-order valence-corrected chi connectivity index (χ0v) is 18.9. The number of aliphatic hydroxyl groups is 1. The minimum absolute atomic E-state index is 0.112. The smallest absolute Gasteiger partial charge is 0.262 e. The summed E-state index contributed by atoms with van der Waals surface area (Å²) in [6.07, 6.45) is 5.59. The van der Waals surface area contributed by atoms with Crippen LogP contribution in [0.2, 0.25) is 0 Å². The number of aromatic nitrogens is 6. The van der Waals surface area contributed by atoms with Crippen LogP contribution in [0.25, 0.3) is 22.8 Å². The van der Waals surface area contributed by atoms with Crippen molar-refractivity contribution in [1.29, 1.82) is 0 Å². The summed E-state index contributed by atoms with van der Waals surface area (Å²) in [5.41, 5.74) is 1.29. The van der Waals surface area contributed by atoms with Gasteiger partial charge in [-0.15, -0.1) is 0 Å². The zero-order valence-electron chi connectivity index (χ0n) is 18.9. The first-order valence-electron chi connectivity index (χ1n) is 11.3. The molecule has 0 radical (unpaired) electrons. The van der Waals surface area contributed by atoms with Crippen LogP contribution in [0.1, 0.15) is 18.2 Å². The van der Waals surface area contributed by atoms with Crippen molar-refractivity contribution in [3.05, 3.63) is 54.7 Å². The molecule has 1 atom stereocenters. The van der Waals surface area contributed by atoms with E-state index in [1.165, 1.54) is 4.90 Å². The number of anilines is 2. The van der Waals surface area contributed by atoms with Crippen molar-refractivity contribution < 1.29 is 14.4 Å². The topological polar surface area (TPSA) is 147 Å². The second-order valence-electron chi connectivity index (χ2n) is 8.73. The van der Waals surface area contributed by atoms with Gasteiger partial charge in [-0.25, -0.2) is 15.0 Å². The highest BCUT2D eigenvalue weighted by molar-refractivity contribution is 5.87. The monoisotopic (exact) mass is 473 g/mol. The molecule has 2 fully saturated rings. The number of hydrogen-bond donors (Lipinski definition) is 3. The van der Waals surface area contributed by atoms with Crippen LogP contribution in [-0.2, 0) is 10.4 Å². The molecular weight excluding hydrogens is 450 g/mol. The summed E-state index contributed by atoms with van der Waals surface area (Å²) in [4.78, 5) is 27.4. The van der Waals surface area contributed by atoms with E-state index in [1.54, 1.807) is 37.6 Å². The minimum atomic E-state index is -1.70. The summed E-state index contributed by atoms with van der Waals surface area (Å²) in [7, 11) is 1.64. The Kier molecular flexibility index (Phi) is 5.04. The summed E-state index contributed by atoms with van der Waals surface area (Å²) < 4.78 is 7.28. The number of likely N-dealkylation sites (N-methyl/N-ethyl adjacent to an activating group) is 1. The van der Waals surface area contributed by atoms with Gasteiger partial charge in [-0.1, -0.05) is 11.2 Å². The predicted octanol–water partition coefficient (Wildman–Crippen LogP) is 1.33. The number of nitrogens with one attached hydrogen (secondary N) is 2. The van der Waals surface area contributed by atoms with Crippen molar-refractivity contribution in [2.24, 2.45) is 0 Å². The average molecular weight is 473 g/mol. The molecule has 0 aliphatic carbocycles. The highest BCUT2D eigenvalue weighted by Crippen LogP contribution is 2.34. The summed E-state index contributed by atoms with van der Waals surface area (Å²) in [5.74, 6) is 0.134. The molecule has 1 amide bonds. The SMILES string of the molecule is CN1CC[C@@](O)(c2cc(-c3cccc(-c4ccnc(Nc5cnn(C6CNC6)c5)n4)n3)no2)C1=O. The molecule has 0 bridgehead atoms. The van der Waals surface area contributed by atoms with Gasteiger partial charge in [-0.3, -0.25) is 9.48 Å². The summed E-state index contributed by atoms with van der Waals surface area (Å²) in [6, 6.07) is 9.15. The Morgan fingerprint density at radius 2 is 1.97 bits per heavy atom. The van der Waals surface area contributed by atoms with Crippen LogP contribution in [0.5, 0.6) is 0 Å². The molecule has 0 spiro atoms. The van der Waals surface area contributed by atoms with Gasteiger partial charge in [-0.05, 0) is 18.2 Å². The second-order valence-corrected chi connectivity index (χ2v) is 8.73. The van der Waals surface area contributed by atoms with E-state index in [-0.39, 0.29) is 12.2 Å². The first-order valence-corrected chi connectivity index (χ1v) is 11.3. The Hall–Kier alpha value is -4.16. The largest absolute Gasteiger partial charge is 0.373 e. The fraction of sp³-hybridized carbons (Fsp3) is 0.304. The van der Waals surface area contributed by atoms with Crippen molar-refractivity contribution in [2.75, 3.05) is 32.0 Å². The van der Waals surface area contributed by atoms with Gasteiger partial charge in [0.25, 0.3) is 5.91 Å². The van der Waals surface area contributed by atoms with Crippen LogP contribution in [0.3, 0.4) is 0 Å². The van der Waals surface area contributed by atoms with Crippen LogP contribution in [0.4, 0.5) is 11.6 Å². The average Bonchev–Trinajstić information content (AvgIpc) is 3.57. The number of pyridine rings is 1. The molecule has 6 rings (SSSR count). The Balaban J connectivity index is 1.23. The van der Waals surface area contributed by atoms with Crippen molar-refractivity contribution in [2.45, 2.75) is 18.1 Å². The number of amides is 1. The molecule has 6 heterocycles. The number of carbonyl (C=O) groups excluding carboxylic acids is 1. The lowest BCUT2D eigenvalue weighted by Crippen LogP contribution is -2.43. The molecule has 2 aliphatic rings. The molecule has 4 aromatic heterocycles. The van der Waals surface area contributed by atoms with E-state index in [1.807, 2.05) is 23.0 Å². The quantitative estimate of drug-likeness (QED) is 0.375. The first kappa shape index (κ1) is 21.4. The fourth-order valence-electron chi connectivity index (χ4n) is 4.15. The van der Waals surface area contributed by atoms with Gasteiger partial charge in [-0.2, -0.15) is 5.10 Å². The third kappa shape index (κ3) is 3.82. The van der Waals surface area contributed by atoms with E-state index in [4.69, 9.17) is 4.52 Å². The van der Waals surface area contributed by atoms with Crippen molar-refractivity contribution >= 4 is 17.5 Å². The maximum atomic E-state index is 12.4. The standard InChI is InChI=1S/C23H23N9O3/c1-31-8-6-23(34,21(31)33)20-9-19(30-35-20)17-4-2-3-16(28-17)18-5-7-25-22(29-18)27-14-10-26-32(13-14)15-11-24-12-15/h2-5,7,9-10,13,15,24,34H,6,8,11-12H2,1H3,(H,25,27,29)/t23-/m1/s1. The summed E-state index contributed by atoms with van der Waals surface area (Å²) in [6.45, 7) is 2.27. The van der Waals surface area contributed by atoms with Crippen molar-refractivity contribution in [1.82, 2.24) is 40.1 Å². The number of rotatable bonds is 6. The van der Waals surface area contributed by atoms with E-state index in [2.05, 4.69) is 35.8 Å². The van der Waals surface area contributed by atoms with Gasteiger partial charge in [0.15, 0.2) is 5.76 Å². The first-order chi connectivity index (χ1) is 17.0. The molecule has 2 saturated heterocycles. The lowest BCUT2D eigenvalue weighted by Gasteiger charge is -2.27. The van der Waals surface area contributed by atoms with E-state index in [0.717, 1.165) is 18.8 Å². The third-order valence-electron chi connectivity index (χ3n) is 6.35. The Bertz CT molecular complexity index is 1400. The number of nitrogens with zero attached hydrogens (tertiary/aromatic N) is 7. The fourth-order valence-corrected chi connectivity index (χ4v) is 4.15. The van der Waals surface area contributed by atoms with E-state index < -0.39 is 11.5 Å². The lowest BCUT2D eigenvalue weighted by molar-refractivity contribution is -0.144. The molecule has 12 nitrogen and oxygen atoms in total. The van der Waals surface area contributed by atoms with Crippen LogP contribution < -0.4 is 10.6 Å². The molecule has 12 heteroatoms. The van der Waals surface area contributed by atoms with Crippen LogP contribution >= 0.6 is 0 Å². The maximum Gasteiger partial charge on any atom is 0.262 e. The molecule has 4 aromatic rings. The van der Waals surface area contributed by atoms with Crippen molar-refractivity contribution in [3.63, 3.8) is 0 Å². The zero-order chi connectivity index (χ0) is 24.0. The van der Waals surface area contributed by atoms with Gasteiger partial charge in [0.2, 0.25) is 11.5 Å². The van der Waals surface area contributed by atoms with Crippen LogP contribution in [-0.4, -0.2) is 72.5 Å². The van der Waals surface area contributed by atoms with Gasteiger partial charge >= 0.3 is 0 Å². The number of likely N-dealkylation sites (tertiary alicyclic amines) is 1. The van der Waals surface area contributed by atoms with E-state index in [9.17, 15) is 9.90 Å². The highest BCUT2D eigenvalue weighted by Gasteiger charge is 2.48. The molecule has 178 valence electrons. The molecule has 3 N–H and O–H groups in total. The van der Waals surface area contributed by atoms with Gasteiger partial charge in [0.05, 0.1) is 35.0 Å². The highest BCUT2D eigenvalue weighted by atomic mass is 16.5. The molecule has 35 heavy (non-hydrogen) atoms. The van der Waals surface area contributed by atoms with Crippen LogP contribution in [0.15, 0.2) is 53.4 Å². The summed E-state index contributed by atoms with van der Waals surface area (Å²) in [5, 5.41) is 25.7. The predicted molar refractivity (Wildman–Crippen MR) is 124 cm³/mol. The Morgan fingerprint density at radius 1 is 1.17 bits per heavy atom. The summed E-state index contributed by atoms with van der Waals surface area (Å²) >= 11 is 0.